The van der Waals surface area contributed by atoms with Gasteiger partial charge in [0.15, 0.2) is 11.5 Å². The van der Waals surface area contributed by atoms with Crippen LogP contribution in [0.4, 0.5) is 0 Å². The minimum atomic E-state index is -0.659. The summed E-state index contributed by atoms with van der Waals surface area (Å²) in [5, 5.41) is 3.13. The Morgan fingerprint density at radius 3 is 2.15 bits per heavy atom. The second-order valence-electron chi connectivity index (χ2n) is 11.0. The molecule has 0 aliphatic heterocycles. The lowest BCUT2D eigenvalue weighted by Crippen LogP contribution is -2.54. The molecule has 0 fully saturated rings. The molecule has 0 spiro atoms. The summed E-state index contributed by atoms with van der Waals surface area (Å²) in [6, 6.07) is 23.1. The average molecular weight is 545 g/mol. The zero-order valence-electron chi connectivity index (χ0n) is 24.8. The Labute approximate surface area is 239 Å². The Kier molecular flexibility index (Phi) is 11.2. The van der Waals surface area contributed by atoms with Crippen LogP contribution in [0.5, 0.6) is 11.5 Å². The molecule has 0 aliphatic rings. The third kappa shape index (κ3) is 9.15. The van der Waals surface area contributed by atoms with Crippen molar-refractivity contribution in [3.05, 3.63) is 95.1 Å². The molecule has 6 nitrogen and oxygen atoms in total. The summed E-state index contributed by atoms with van der Waals surface area (Å²) in [4.78, 5) is 29.5. The summed E-state index contributed by atoms with van der Waals surface area (Å²) >= 11 is 0. The Morgan fingerprint density at radius 1 is 0.850 bits per heavy atom. The van der Waals surface area contributed by atoms with Gasteiger partial charge in [0.25, 0.3) is 0 Å². The van der Waals surface area contributed by atoms with Crippen molar-refractivity contribution in [2.75, 3.05) is 13.2 Å². The molecule has 0 heterocycles. The number of rotatable bonds is 13. The summed E-state index contributed by atoms with van der Waals surface area (Å²) in [6.45, 7) is 13.2. The predicted octanol–water partition coefficient (Wildman–Crippen LogP) is 6.28. The number of benzene rings is 3. The molecule has 0 aliphatic carbocycles. The van der Waals surface area contributed by atoms with E-state index in [1.165, 1.54) is 0 Å². The van der Waals surface area contributed by atoms with Crippen LogP contribution in [0.1, 0.15) is 63.3 Å². The number of hydrogen-bond donors (Lipinski definition) is 1. The van der Waals surface area contributed by atoms with Crippen LogP contribution in [0.2, 0.25) is 0 Å². The lowest BCUT2D eigenvalue weighted by atomic mass is 9.99. The number of amides is 2. The van der Waals surface area contributed by atoms with E-state index in [2.05, 4.69) is 5.32 Å². The van der Waals surface area contributed by atoms with Gasteiger partial charge in [0.05, 0.1) is 13.2 Å². The van der Waals surface area contributed by atoms with E-state index in [9.17, 15) is 9.59 Å². The van der Waals surface area contributed by atoms with E-state index in [0.29, 0.717) is 44.1 Å². The first-order chi connectivity index (χ1) is 19.1. The molecule has 40 heavy (non-hydrogen) atoms. The number of ether oxygens (including phenoxy) is 2. The molecule has 0 saturated carbocycles. The van der Waals surface area contributed by atoms with Gasteiger partial charge in [0, 0.05) is 24.9 Å². The first kappa shape index (κ1) is 30.7. The first-order valence-electron chi connectivity index (χ1n) is 14.2. The van der Waals surface area contributed by atoms with Crippen molar-refractivity contribution in [3.63, 3.8) is 0 Å². The molecular weight excluding hydrogens is 500 g/mol. The topological polar surface area (TPSA) is 67.9 Å². The smallest absolute Gasteiger partial charge is 0.243 e. The van der Waals surface area contributed by atoms with Crippen LogP contribution in [0.3, 0.4) is 0 Å². The van der Waals surface area contributed by atoms with Gasteiger partial charge in [-0.05, 0) is 82.3 Å². The molecule has 1 atom stereocenters. The Hall–Kier alpha value is -3.80. The van der Waals surface area contributed by atoms with Gasteiger partial charge in [-0.15, -0.1) is 0 Å². The highest BCUT2D eigenvalue weighted by Crippen LogP contribution is 2.29. The van der Waals surface area contributed by atoms with Crippen LogP contribution >= 0.6 is 0 Å². The van der Waals surface area contributed by atoms with Crippen LogP contribution in [0.15, 0.2) is 72.8 Å². The van der Waals surface area contributed by atoms with Gasteiger partial charge in [0.1, 0.15) is 6.04 Å². The SMILES string of the molecule is CCOc1ccc(CCC(=O)N(Cc2ccccc2C)[C@@H](Cc2ccccc2)C(=O)NC(C)(C)C)cc1OCC. The molecule has 0 bridgehead atoms. The Balaban J connectivity index is 1.93. The monoisotopic (exact) mass is 544 g/mol. The fraction of sp³-hybridized carbons (Fsp3) is 0.412. The summed E-state index contributed by atoms with van der Waals surface area (Å²) in [6.07, 6.45) is 1.21. The molecule has 0 aromatic heterocycles. The third-order valence-electron chi connectivity index (χ3n) is 6.61. The van der Waals surface area contributed by atoms with Gasteiger partial charge in [-0.1, -0.05) is 60.7 Å². The van der Waals surface area contributed by atoms with Crippen molar-refractivity contribution in [1.82, 2.24) is 10.2 Å². The third-order valence-corrected chi connectivity index (χ3v) is 6.61. The number of nitrogens with zero attached hydrogens (tertiary/aromatic N) is 1. The summed E-state index contributed by atoms with van der Waals surface area (Å²) in [5.41, 5.74) is 3.67. The van der Waals surface area contributed by atoms with Crippen molar-refractivity contribution in [1.29, 1.82) is 0 Å². The average Bonchev–Trinajstić information content (AvgIpc) is 2.91. The second kappa shape index (κ2) is 14.5. The maximum Gasteiger partial charge on any atom is 0.243 e. The molecule has 0 saturated heterocycles. The van der Waals surface area contributed by atoms with Crippen LogP contribution in [-0.2, 0) is 29.0 Å². The molecule has 214 valence electrons. The molecule has 1 N–H and O–H groups in total. The van der Waals surface area contributed by atoms with Crippen LogP contribution in [0.25, 0.3) is 0 Å². The standard InChI is InChI=1S/C34H44N2O4/c1-7-39-30-20-18-27(23-31(30)40-8-2)19-21-32(37)36(24-28-17-13-12-14-25(28)3)29(33(38)35-34(4,5)6)22-26-15-10-9-11-16-26/h9-18,20,23,29H,7-8,19,21-22,24H2,1-6H3,(H,35,38)/t29-/m0/s1. The fourth-order valence-electron chi connectivity index (χ4n) is 4.62. The van der Waals surface area contributed by atoms with Crippen LogP contribution in [0, 0.1) is 6.92 Å². The maximum atomic E-state index is 14.0. The molecule has 3 aromatic carbocycles. The quantitative estimate of drug-likeness (QED) is 0.275. The number of carbonyl (C=O) groups excluding carboxylic acids is 2. The predicted molar refractivity (Wildman–Crippen MR) is 161 cm³/mol. The van der Waals surface area contributed by atoms with E-state index in [4.69, 9.17) is 9.47 Å². The highest BCUT2D eigenvalue weighted by molar-refractivity contribution is 5.88. The number of hydrogen-bond acceptors (Lipinski definition) is 4. The van der Waals surface area contributed by atoms with E-state index in [1.807, 2.05) is 114 Å². The van der Waals surface area contributed by atoms with Crippen molar-refractivity contribution < 1.29 is 19.1 Å². The second-order valence-corrected chi connectivity index (χ2v) is 11.0. The van der Waals surface area contributed by atoms with Gasteiger partial charge in [-0.25, -0.2) is 0 Å². The molecule has 2 amide bonds. The lowest BCUT2D eigenvalue weighted by molar-refractivity contribution is -0.141. The summed E-state index contributed by atoms with van der Waals surface area (Å²) < 4.78 is 11.5. The minimum absolute atomic E-state index is 0.0694. The number of carbonyl (C=O) groups is 2. The Morgan fingerprint density at radius 2 is 1.50 bits per heavy atom. The zero-order chi connectivity index (χ0) is 29.1. The number of nitrogens with one attached hydrogen (secondary N) is 1. The van der Waals surface area contributed by atoms with Crippen LogP contribution < -0.4 is 14.8 Å². The molecular formula is C34H44N2O4. The first-order valence-corrected chi connectivity index (χ1v) is 14.2. The highest BCUT2D eigenvalue weighted by atomic mass is 16.5. The van der Waals surface area contributed by atoms with Gasteiger partial charge in [-0.2, -0.15) is 0 Å². The van der Waals surface area contributed by atoms with Crippen LogP contribution in [-0.4, -0.2) is 41.5 Å². The van der Waals surface area contributed by atoms with Crippen molar-refractivity contribution in [3.8, 4) is 11.5 Å². The Bertz CT molecular complexity index is 1250. The molecule has 3 aromatic rings. The molecule has 3 rings (SSSR count). The normalized spacial score (nSPS) is 11.9. The lowest BCUT2D eigenvalue weighted by Gasteiger charge is -2.34. The zero-order valence-corrected chi connectivity index (χ0v) is 24.8. The summed E-state index contributed by atoms with van der Waals surface area (Å²) in [5.74, 6) is 1.15. The maximum absolute atomic E-state index is 14.0. The van der Waals surface area contributed by atoms with Crippen molar-refractivity contribution in [2.24, 2.45) is 0 Å². The molecule has 6 heteroatoms. The van der Waals surface area contributed by atoms with Crippen molar-refractivity contribution >= 4 is 11.8 Å². The highest BCUT2D eigenvalue weighted by Gasteiger charge is 2.32. The molecule has 0 radical (unpaired) electrons. The van der Waals surface area contributed by atoms with Gasteiger partial charge in [0.2, 0.25) is 11.8 Å². The largest absolute Gasteiger partial charge is 0.490 e. The summed E-state index contributed by atoms with van der Waals surface area (Å²) in [7, 11) is 0. The van der Waals surface area contributed by atoms with Crippen molar-refractivity contribution in [2.45, 2.75) is 78.9 Å². The fourth-order valence-corrected chi connectivity index (χ4v) is 4.62. The van der Waals surface area contributed by atoms with E-state index in [1.54, 1.807) is 4.90 Å². The molecule has 0 unspecified atom stereocenters. The van der Waals surface area contributed by atoms with Gasteiger partial charge in [-0.3, -0.25) is 9.59 Å². The van der Waals surface area contributed by atoms with E-state index in [0.717, 1.165) is 22.3 Å². The van der Waals surface area contributed by atoms with Gasteiger partial charge >= 0.3 is 0 Å². The van der Waals surface area contributed by atoms with E-state index in [-0.39, 0.29) is 18.2 Å². The van der Waals surface area contributed by atoms with Gasteiger partial charge < -0.3 is 19.7 Å². The van der Waals surface area contributed by atoms with E-state index >= 15 is 0 Å². The van der Waals surface area contributed by atoms with E-state index < -0.39 is 11.6 Å². The minimum Gasteiger partial charge on any atom is -0.490 e. The number of aryl methyl sites for hydroxylation is 2.